The van der Waals surface area contributed by atoms with E-state index in [0.717, 1.165) is 28.8 Å². The van der Waals surface area contributed by atoms with Gasteiger partial charge < -0.3 is 4.43 Å². The zero-order chi connectivity index (χ0) is 24.1. The molecule has 32 heavy (non-hydrogen) atoms. The molecule has 0 amide bonds. The van der Waals surface area contributed by atoms with Gasteiger partial charge in [0.25, 0.3) is 0 Å². The van der Waals surface area contributed by atoms with Crippen molar-refractivity contribution in [1.29, 1.82) is 0 Å². The van der Waals surface area contributed by atoms with Crippen molar-refractivity contribution in [3.05, 3.63) is 41.9 Å². The van der Waals surface area contributed by atoms with Crippen molar-refractivity contribution in [2.75, 3.05) is 7.11 Å². The Kier molecular flexibility index (Phi) is 8.48. The van der Waals surface area contributed by atoms with Gasteiger partial charge in [-0.25, -0.2) is 0 Å². The van der Waals surface area contributed by atoms with Gasteiger partial charge in [-0.3, -0.25) is 0 Å². The second kappa shape index (κ2) is 10.5. The van der Waals surface area contributed by atoms with Crippen LogP contribution in [0.25, 0.3) is 11.3 Å². The van der Waals surface area contributed by atoms with Crippen molar-refractivity contribution in [3.8, 4) is 11.3 Å². The molecule has 2 atom stereocenters. The molecule has 1 aromatic heterocycles. The minimum atomic E-state index is -1.91. The van der Waals surface area contributed by atoms with Gasteiger partial charge in [0.15, 0.2) is 8.32 Å². The summed E-state index contributed by atoms with van der Waals surface area (Å²) in [6, 6.07) is 7.07. The van der Waals surface area contributed by atoms with E-state index in [9.17, 15) is 9.50 Å². The molecule has 172 valence electrons. The molecule has 2 aromatic rings. The maximum absolute atomic E-state index is 11.9. The second-order valence-electron chi connectivity index (χ2n) is 9.49. The molecule has 0 fully saturated rings. The van der Waals surface area contributed by atoms with E-state index >= 15 is 0 Å². The molecule has 1 heterocycles. The van der Waals surface area contributed by atoms with E-state index in [2.05, 4.69) is 45.8 Å². The van der Waals surface area contributed by atoms with Gasteiger partial charge in [0.2, 0.25) is 0 Å². The van der Waals surface area contributed by atoms with Crippen molar-refractivity contribution >= 4 is 27.6 Å². The number of benzene rings is 1. The monoisotopic (exact) mass is 455 g/mol. The van der Waals surface area contributed by atoms with Gasteiger partial charge in [-0.2, -0.15) is 0 Å². The van der Waals surface area contributed by atoms with Gasteiger partial charge in [0, 0.05) is 0 Å². The summed E-state index contributed by atoms with van der Waals surface area (Å²) >= 11 is 0. The SMILES string of the molecule is COC(=O)C(Cc1ccc(-c2cn(C)c(C(C)O[Si](C)(C)C(C)(C)C)n2)cc1)/N=C/B=O. The average molecular weight is 455 g/mol. The quantitative estimate of drug-likeness (QED) is 0.319. The number of imidazole rings is 1. The number of rotatable bonds is 9. The topological polar surface area (TPSA) is 82.8 Å². The second-order valence-corrected chi connectivity index (χ2v) is 14.2. The number of hydrogen-bond donors (Lipinski definition) is 0. The summed E-state index contributed by atoms with van der Waals surface area (Å²) in [6.45, 7) is 13.2. The van der Waals surface area contributed by atoms with Crippen LogP contribution >= 0.6 is 0 Å². The van der Waals surface area contributed by atoms with Crippen molar-refractivity contribution in [2.24, 2.45) is 12.0 Å². The Hall–Kier alpha value is -2.39. The number of hydrogen-bond acceptors (Lipinski definition) is 6. The molecule has 0 aliphatic carbocycles. The van der Waals surface area contributed by atoms with Crippen LogP contribution in [0.2, 0.25) is 18.1 Å². The summed E-state index contributed by atoms with van der Waals surface area (Å²) in [5.74, 6) is 0.417. The third-order valence-corrected chi connectivity index (χ3v) is 10.6. The van der Waals surface area contributed by atoms with Crippen molar-refractivity contribution in [2.45, 2.75) is 64.4 Å². The fourth-order valence-electron chi connectivity index (χ4n) is 3.18. The van der Waals surface area contributed by atoms with Gasteiger partial charge >= 0.3 is 134 Å². The minimum absolute atomic E-state index is 0.106. The van der Waals surface area contributed by atoms with Gasteiger partial charge in [-0.1, -0.05) is 20.8 Å². The summed E-state index contributed by atoms with van der Waals surface area (Å²) in [7, 11) is 1.93. The number of ether oxygens (including phenoxy) is 1. The maximum atomic E-state index is 11.9. The Labute approximate surface area is 192 Å². The predicted molar refractivity (Wildman–Crippen MR) is 130 cm³/mol. The number of methoxy groups -OCH3 is 1. The van der Waals surface area contributed by atoms with Gasteiger partial charge in [0.1, 0.15) is 0 Å². The molecule has 0 saturated carbocycles. The molecular weight excluding hydrogens is 421 g/mol. The van der Waals surface area contributed by atoms with Crippen LogP contribution in [0, 0.1) is 0 Å². The summed E-state index contributed by atoms with van der Waals surface area (Å²) in [6.07, 6.45) is 3.33. The van der Waals surface area contributed by atoms with Crippen molar-refractivity contribution < 1.29 is 18.7 Å². The number of aromatic nitrogens is 2. The molecule has 0 bridgehead atoms. The van der Waals surface area contributed by atoms with E-state index < -0.39 is 20.3 Å². The number of aliphatic imine (C=N–C) groups is 1. The average Bonchev–Trinajstić information content (AvgIpc) is 3.11. The first-order valence-electron chi connectivity index (χ1n) is 10.7. The van der Waals surface area contributed by atoms with E-state index in [0.29, 0.717) is 13.6 Å². The number of carbonyl (C=O) groups is 1. The third-order valence-electron chi connectivity index (χ3n) is 6.03. The molecular formula is C23H34BN3O4Si. The van der Waals surface area contributed by atoms with E-state index in [1.165, 1.54) is 7.11 Å². The molecule has 1 aromatic carbocycles. The number of esters is 1. The predicted octanol–water partition coefficient (Wildman–Crippen LogP) is 4.33. The zero-order valence-corrected chi connectivity index (χ0v) is 21.4. The molecule has 0 radical (unpaired) electrons. The molecule has 0 spiro atoms. The number of nitrogens with zero attached hydrogens (tertiary/aromatic N) is 3. The van der Waals surface area contributed by atoms with E-state index in [-0.39, 0.29) is 11.1 Å². The van der Waals surface area contributed by atoms with Crippen LogP contribution < -0.4 is 0 Å². The third kappa shape index (κ3) is 6.32. The molecule has 7 nitrogen and oxygen atoms in total. The van der Waals surface area contributed by atoms with Crippen LogP contribution in [-0.2, 0) is 32.1 Å². The first kappa shape index (κ1) is 25.9. The normalized spacial score (nSPS) is 14.2. The first-order chi connectivity index (χ1) is 14.9. The molecule has 9 heteroatoms. The summed E-state index contributed by atoms with van der Waals surface area (Å²) in [5, 5.41) is 0.128. The van der Waals surface area contributed by atoms with Crippen LogP contribution in [0.3, 0.4) is 0 Å². The molecule has 2 unspecified atom stereocenters. The van der Waals surface area contributed by atoms with Crippen LogP contribution in [0.5, 0.6) is 0 Å². The summed E-state index contributed by atoms with van der Waals surface area (Å²) in [5.41, 5.74) is 2.75. The van der Waals surface area contributed by atoms with Crippen LogP contribution in [0.4, 0.5) is 0 Å². The van der Waals surface area contributed by atoms with Gasteiger partial charge in [0.05, 0.1) is 0 Å². The van der Waals surface area contributed by atoms with E-state index in [1.54, 1.807) is 0 Å². The van der Waals surface area contributed by atoms with Gasteiger partial charge in [-0.15, -0.1) is 0 Å². The Morgan fingerprint density at radius 3 is 2.44 bits per heavy atom. The van der Waals surface area contributed by atoms with Crippen molar-refractivity contribution in [3.63, 3.8) is 0 Å². The fraction of sp³-hybridized carbons (Fsp3) is 0.522. The van der Waals surface area contributed by atoms with E-state index in [4.69, 9.17) is 14.1 Å². The standard InChI is InChI=1S/C23H34BN3O4Si/c1-16(31-32(7,8)23(2,3)4)21-26-20(14-27(21)5)18-11-9-17(10-12-18)13-19(22(28)30-6)25-15-24-29/h9-12,14-16,19H,13H2,1-8H3/b25-15+. The number of aryl methyl sites for hydroxylation is 1. The van der Waals surface area contributed by atoms with E-state index in [1.807, 2.05) is 42.1 Å². The summed E-state index contributed by atoms with van der Waals surface area (Å²) in [4.78, 5) is 20.7. The van der Waals surface area contributed by atoms with Gasteiger partial charge in [-0.05, 0) is 25.1 Å². The van der Waals surface area contributed by atoms with Crippen molar-refractivity contribution in [1.82, 2.24) is 9.55 Å². The first-order valence-corrected chi connectivity index (χ1v) is 13.7. The van der Waals surface area contributed by atoms with Crippen LogP contribution in [-0.4, -0.2) is 50.3 Å². The molecule has 0 aliphatic heterocycles. The molecule has 0 aliphatic rings. The molecule has 0 saturated heterocycles. The Bertz CT molecular complexity index is 965. The Morgan fingerprint density at radius 1 is 1.28 bits per heavy atom. The molecule has 2 rings (SSSR count). The molecule has 0 N–H and O–H groups in total. The Morgan fingerprint density at radius 2 is 1.91 bits per heavy atom. The van der Waals surface area contributed by atoms with Crippen LogP contribution in [0.15, 0.2) is 35.5 Å². The Balaban J connectivity index is 2.19. The fourth-order valence-corrected chi connectivity index (χ4v) is 4.52. The van der Waals surface area contributed by atoms with Crippen LogP contribution in [0.1, 0.15) is 45.2 Å². The number of carbonyl (C=O) groups excluding carboxylic acids is 1. The summed E-state index contributed by atoms with van der Waals surface area (Å²) < 4.78 is 23.9. The zero-order valence-electron chi connectivity index (χ0n) is 20.4.